The van der Waals surface area contributed by atoms with Crippen LogP contribution in [0, 0.1) is 0 Å². The van der Waals surface area contributed by atoms with E-state index in [1.54, 1.807) is 14.2 Å². The molecule has 3 atom stereocenters. The van der Waals surface area contributed by atoms with Crippen LogP contribution in [-0.2, 0) is 5.41 Å². The molecule has 2 aliphatic rings. The predicted molar refractivity (Wildman–Crippen MR) is 104 cm³/mol. The molecule has 3 rings (SSSR count). The Bertz CT molecular complexity index is 682. The van der Waals surface area contributed by atoms with Gasteiger partial charge in [-0.15, -0.1) is 0 Å². The van der Waals surface area contributed by atoms with Gasteiger partial charge in [-0.2, -0.15) is 0 Å². The standard InChI is InChI=1S/C20H31NO3Si/c1-21-10-9-20(14-7-8-16(23-2)17(11-14)24-3)18(21)12-15(22)13-19(20)25(4,5)6/h7-8,11,13,15,18,22H,9-10,12H2,1-6H3/t15-,18+,20-/m1/s1. The summed E-state index contributed by atoms with van der Waals surface area (Å²) in [6.07, 6.45) is 3.70. The maximum atomic E-state index is 10.5. The zero-order chi connectivity index (χ0) is 18.4. The van der Waals surface area contributed by atoms with Crippen LogP contribution in [0.4, 0.5) is 0 Å². The van der Waals surface area contributed by atoms with Crippen LogP contribution < -0.4 is 9.47 Å². The number of aliphatic hydroxyl groups excluding tert-OH is 1. The third-order valence-corrected chi connectivity index (χ3v) is 8.20. The fourth-order valence-corrected chi connectivity index (χ4v) is 7.38. The van der Waals surface area contributed by atoms with Gasteiger partial charge in [-0.3, -0.25) is 0 Å². The number of rotatable bonds is 4. The van der Waals surface area contributed by atoms with Crippen molar-refractivity contribution in [1.29, 1.82) is 0 Å². The molecule has 1 heterocycles. The Hall–Kier alpha value is -1.30. The normalized spacial score (nSPS) is 30.0. The van der Waals surface area contributed by atoms with Gasteiger partial charge in [0.25, 0.3) is 0 Å². The van der Waals surface area contributed by atoms with Crippen LogP contribution in [0.15, 0.2) is 29.5 Å². The minimum Gasteiger partial charge on any atom is -0.493 e. The first-order valence-electron chi connectivity index (χ1n) is 9.07. The van der Waals surface area contributed by atoms with E-state index in [-0.39, 0.29) is 11.5 Å². The molecule has 0 amide bonds. The van der Waals surface area contributed by atoms with E-state index >= 15 is 0 Å². The molecular weight excluding hydrogens is 330 g/mol. The molecule has 1 aromatic rings. The lowest BCUT2D eigenvalue weighted by atomic mass is 9.69. The quantitative estimate of drug-likeness (QED) is 0.836. The molecule has 0 aromatic heterocycles. The average molecular weight is 362 g/mol. The maximum absolute atomic E-state index is 10.5. The zero-order valence-corrected chi connectivity index (χ0v) is 17.3. The summed E-state index contributed by atoms with van der Waals surface area (Å²) in [7, 11) is 3.94. The lowest BCUT2D eigenvalue weighted by molar-refractivity contribution is 0.135. The second kappa shape index (κ2) is 6.45. The zero-order valence-electron chi connectivity index (χ0n) is 16.3. The highest BCUT2D eigenvalue weighted by molar-refractivity contribution is 6.83. The minimum absolute atomic E-state index is 0.0298. The van der Waals surface area contributed by atoms with E-state index in [1.165, 1.54) is 10.8 Å². The Balaban J connectivity index is 2.22. The van der Waals surface area contributed by atoms with Crippen molar-refractivity contribution in [3.63, 3.8) is 0 Å². The van der Waals surface area contributed by atoms with Crippen molar-refractivity contribution in [1.82, 2.24) is 4.90 Å². The van der Waals surface area contributed by atoms with Gasteiger partial charge in [-0.1, -0.05) is 37.0 Å². The molecule has 1 aliphatic carbocycles. The number of nitrogens with zero attached hydrogens (tertiary/aromatic N) is 1. The summed E-state index contributed by atoms with van der Waals surface area (Å²) in [5.41, 5.74) is 1.26. The van der Waals surface area contributed by atoms with Crippen LogP contribution in [0.3, 0.4) is 0 Å². The second-order valence-corrected chi connectivity index (χ2v) is 13.5. The highest BCUT2D eigenvalue weighted by Crippen LogP contribution is 2.53. The van der Waals surface area contributed by atoms with Crippen molar-refractivity contribution in [3.8, 4) is 11.5 Å². The van der Waals surface area contributed by atoms with Gasteiger partial charge < -0.3 is 19.5 Å². The number of fused-ring (bicyclic) bond motifs is 1. The molecule has 0 unspecified atom stereocenters. The molecule has 4 nitrogen and oxygen atoms in total. The summed E-state index contributed by atoms with van der Waals surface area (Å²) in [6, 6.07) is 6.69. The Kier molecular flexibility index (Phi) is 4.77. The molecule has 0 bridgehead atoms. The van der Waals surface area contributed by atoms with Gasteiger partial charge in [0, 0.05) is 11.5 Å². The molecular formula is C20H31NO3Si. The highest BCUT2D eigenvalue weighted by atomic mass is 28.3. The Morgan fingerprint density at radius 1 is 1.16 bits per heavy atom. The number of hydrogen-bond acceptors (Lipinski definition) is 4. The molecule has 0 spiro atoms. The monoisotopic (exact) mass is 361 g/mol. The molecule has 0 saturated carbocycles. The van der Waals surface area contributed by atoms with Crippen LogP contribution in [0.25, 0.3) is 0 Å². The number of methoxy groups -OCH3 is 2. The summed E-state index contributed by atoms with van der Waals surface area (Å²) >= 11 is 0. The van der Waals surface area contributed by atoms with Crippen molar-refractivity contribution in [2.24, 2.45) is 0 Å². The smallest absolute Gasteiger partial charge is 0.161 e. The lowest BCUT2D eigenvalue weighted by Crippen LogP contribution is -2.52. The van der Waals surface area contributed by atoms with Crippen LogP contribution in [-0.4, -0.2) is 58.0 Å². The van der Waals surface area contributed by atoms with E-state index < -0.39 is 8.07 Å². The number of benzene rings is 1. The summed E-state index contributed by atoms with van der Waals surface area (Å²) in [5.74, 6) is 1.55. The van der Waals surface area contributed by atoms with Crippen LogP contribution in [0.2, 0.25) is 19.6 Å². The van der Waals surface area contributed by atoms with Crippen molar-refractivity contribution < 1.29 is 14.6 Å². The third kappa shape index (κ3) is 2.92. The first-order valence-corrected chi connectivity index (χ1v) is 12.6. The minimum atomic E-state index is -1.62. The molecule has 1 saturated heterocycles. The van der Waals surface area contributed by atoms with E-state index in [0.29, 0.717) is 6.04 Å². The molecule has 5 heteroatoms. The molecule has 25 heavy (non-hydrogen) atoms. The molecule has 1 N–H and O–H groups in total. The predicted octanol–water partition coefficient (Wildman–Crippen LogP) is 3.21. The first kappa shape index (κ1) is 18.5. The molecule has 138 valence electrons. The molecule has 1 fully saturated rings. The third-order valence-electron chi connectivity index (χ3n) is 5.97. The van der Waals surface area contributed by atoms with Crippen LogP contribution in [0.5, 0.6) is 11.5 Å². The number of hydrogen-bond donors (Lipinski definition) is 1. The van der Waals surface area contributed by atoms with E-state index in [0.717, 1.165) is 30.9 Å². The number of likely N-dealkylation sites (N-methyl/N-ethyl adjacent to an activating group) is 1. The Morgan fingerprint density at radius 3 is 2.44 bits per heavy atom. The van der Waals surface area contributed by atoms with E-state index in [9.17, 15) is 5.11 Å². The topological polar surface area (TPSA) is 41.9 Å². The molecule has 1 aromatic carbocycles. The first-order chi connectivity index (χ1) is 11.7. The molecule has 1 aliphatic heterocycles. The second-order valence-electron chi connectivity index (χ2n) is 8.42. The SMILES string of the molecule is COc1ccc([C@]23CCN(C)[C@H]2C[C@@H](O)C=C3[Si](C)(C)C)cc1OC. The summed E-state index contributed by atoms with van der Waals surface area (Å²) < 4.78 is 11.0. The van der Waals surface area contributed by atoms with Crippen molar-refractivity contribution in [2.75, 3.05) is 27.8 Å². The van der Waals surface area contributed by atoms with Crippen LogP contribution >= 0.6 is 0 Å². The van der Waals surface area contributed by atoms with E-state index in [1.807, 2.05) is 6.07 Å². The summed E-state index contributed by atoms with van der Waals surface area (Å²) in [4.78, 5) is 2.42. The van der Waals surface area contributed by atoms with E-state index in [2.05, 4.69) is 49.8 Å². The number of ether oxygens (including phenoxy) is 2. The average Bonchev–Trinajstić information content (AvgIpc) is 2.90. The van der Waals surface area contributed by atoms with Gasteiger partial charge in [0.05, 0.1) is 28.4 Å². The Labute approximate surface area is 152 Å². The lowest BCUT2D eigenvalue weighted by Gasteiger charge is -2.48. The van der Waals surface area contributed by atoms with Gasteiger partial charge in [-0.05, 0) is 44.1 Å². The fraction of sp³-hybridized carbons (Fsp3) is 0.600. The van der Waals surface area contributed by atoms with Gasteiger partial charge in [0.15, 0.2) is 11.5 Å². The number of aliphatic hydroxyl groups is 1. The van der Waals surface area contributed by atoms with Gasteiger partial charge >= 0.3 is 0 Å². The van der Waals surface area contributed by atoms with Crippen molar-refractivity contribution >= 4 is 8.07 Å². The number of likely N-dealkylation sites (tertiary alicyclic amines) is 1. The van der Waals surface area contributed by atoms with Crippen molar-refractivity contribution in [3.05, 3.63) is 35.0 Å². The maximum Gasteiger partial charge on any atom is 0.161 e. The summed E-state index contributed by atoms with van der Waals surface area (Å²) in [6.45, 7) is 8.20. The summed E-state index contributed by atoms with van der Waals surface area (Å²) in [5, 5.41) is 12.0. The van der Waals surface area contributed by atoms with E-state index in [4.69, 9.17) is 9.47 Å². The van der Waals surface area contributed by atoms with Crippen LogP contribution in [0.1, 0.15) is 18.4 Å². The highest BCUT2D eigenvalue weighted by Gasteiger charge is 2.54. The Morgan fingerprint density at radius 2 is 1.84 bits per heavy atom. The van der Waals surface area contributed by atoms with Gasteiger partial charge in [0.1, 0.15) is 0 Å². The van der Waals surface area contributed by atoms with Gasteiger partial charge in [0.2, 0.25) is 0 Å². The van der Waals surface area contributed by atoms with Gasteiger partial charge in [-0.25, -0.2) is 0 Å². The fourth-order valence-electron chi connectivity index (χ4n) is 4.91. The largest absolute Gasteiger partial charge is 0.493 e. The van der Waals surface area contributed by atoms with Crippen molar-refractivity contribution in [2.45, 2.75) is 50.0 Å². The molecule has 0 radical (unpaired) electrons.